The number of aromatic nitrogens is 1. The number of carboxylic acid groups (broad SMARTS) is 1. The SMILES string of the molecule is Cc1ccc(Sc2nccc(C)c2C(=O)O)c(C)c1. The van der Waals surface area contributed by atoms with Gasteiger partial charge >= 0.3 is 5.97 Å². The molecule has 0 saturated heterocycles. The molecule has 0 spiro atoms. The highest BCUT2D eigenvalue weighted by Crippen LogP contribution is 2.32. The molecule has 4 heteroatoms. The number of aryl methyl sites for hydroxylation is 3. The molecule has 0 aliphatic rings. The molecule has 0 saturated carbocycles. The van der Waals surface area contributed by atoms with Crippen molar-refractivity contribution in [3.05, 3.63) is 52.7 Å². The maximum Gasteiger partial charge on any atom is 0.338 e. The van der Waals surface area contributed by atoms with Gasteiger partial charge in [0.15, 0.2) is 0 Å². The van der Waals surface area contributed by atoms with Gasteiger partial charge in [-0.15, -0.1) is 0 Å². The number of pyridine rings is 1. The first-order valence-electron chi connectivity index (χ1n) is 5.93. The third kappa shape index (κ3) is 2.96. The Labute approximate surface area is 116 Å². The van der Waals surface area contributed by atoms with Crippen LogP contribution in [0.2, 0.25) is 0 Å². The average molecular weight is 273 g/mol. The van der Waals surface area contributed by atoms with Crippen molar-refractivity contribution in [1.82, 2.24) is 4.98 Å². The lowest BCUT2D eigenvalue weighted by Gasteiger charge is -2.09. The summed E-state index contributed by atoms with van der Waals surface area (Å²) in [6.07, 6.45) is 1.65. The fraction of sp³-hybridized carbons (Fsp3) is 0.200. The van der Waals surface area contributed by atoms with E-state index in [1.165, 1.54) is 17.3 Å². The third-order valence-corrected chi connectivity index (χ3v) is 4.06. The minimum Gasteiger partial charge on any atom is -0.478 e. The number of carbonyl (C=O) groups is 1. The van der Waals surface area contributed by atoms with Crippen LogP contribution in [-0.2, 0) is 0 Å². The van der Waals surface area contributed by atoms with Crippen molar-refractivity contribution in [2.75, 3.05) is 0 Å². The van der Waals surface area contributed by atoms with Crippen LogP contribution in [-0.4, -0.2) is 16.1 Å². The number of aromatic carboxylic acids is 1. The maximum atomic E-state index is 11.3. The monoisotopic (exact) mass is 273 g/mol. The molecule has 98 valence electrons. The Kier molecular flexibility index (Phi) is 3.90. The zero-order valence-electron chi connectivity index (χ0n) is 11.1. The summed E-state index contributed by atoms with van der Waals surface area (Å²) in [5, 5.41) is 9.83. The minimum absolute atomic E-state index is 0.285. The van der Waals surface area contributed by atoms with Crippen LogP contribution in [0.3, 0.4) is 0 Å². The predicted octanol–water partition coefficient (Wildman–Crippen LogP) is 3.86. The van der Waals surface area contributed by atoms with Crippen LogP contribution in [0, 0.1) is 20.8 Å². The van der Waals surface area contributed by atoms with E-state index in [-0.39, 0.29) is 5.56 Å². The first-order chi connectivity index (χ1) is 8.99. The summed E-state index contributed by atoms with van der Waals surface area (Å²) in [7, 11) is 0. The van der Waals surface area contributed by atoms with Crippen LogP contribution >= 0.6 is 11.8 Å². The van der Waals surface area contributed by atoms with Gasteiger partial charge in [0.2, 0.25) is 0 Å². The lowest BCUT2D eigenvalue weighted by molar-refractivity contribution is 0.0691. The Morgan fingerprint density at radius 1 is 1.16 bits per heavy atom. The Hall–Kier alpha value is -1.81. The number of rotatable bonds is 3. The first-order valence-corrected chi connectivity index (χ1v) is 6.74. The van der Waals surface area contributed by atoms with Crippen molar-refractivity contribution in [1.29, 1.82) is 0 Å². The molecule has 0 radical (unpaired) electrons. The lowest BCUT2D eigenvalue weighted by Crippen LogP contribution is -2.03. The van der Waals surface area contributed by atoms with Crippen molar-refractivity contribution in [3.8, 4) is 0 Å². The highest BCUT2D eigenvalue weighted by molar-refractivity contribution is 7.99. The highest BCUT2D eigenvalue weighted by atomic mass is 32.2. The summed E-state index contributed by atoms with van der Waals surface area (Å²) in [4.78, 5) is 16.6. The molecular formula is C15H15NO2S. The Balaban J connectivity index is 2.44. The molecule has 1 heterocycles. The number of hydrogen-bond acceptors (Lipinski definition) is 3. The van der Waals surface area contributed by atoms with E-state index in [2.05, 4.69) is 11.1 Å². The summed E-state index contributed by atoms with van der Waals surface area (Å²) >= 11 is 1.40. The molecule has 0 unspecified atom stereocenters. The van der Waals surface area contributed by atoms with Gasteiger partial charge in [0.05, 0.1) is 5.56 Å². The van der Waals surface area contributed by atoms with Crippen LogP contribution < -0.4 is 0 Å². The summed E-state index contributed by atoms with van der Waals surface area (Å²) in [6, 6.07) is 7.82. The molecule has 1 aromatic carbocycles. The Bertz CT molecular complexity index is 638. The van der Waals surface area contributed by atoms with E-state index in [4.69, 9.17) is 0 Å². The Morgan fingerprint density at radius 2 is 1.89 bits per heavy atom. The minimum atomic E-state index is -0.933. The van der Waals surface area contributed by atoms with Gasteiger partial charge in [-0.25, -0.2) is 9.78 Å². The van der Waals surface area contributed by atoms with Gasteiger partial charge < -0.3 is 5.11 Å². The number of carboxylic acids is 1. The predicted molar refractivity (Wildman–Crippen MR) is 76.0 cm³/mol. The third-order valence-electron chi connectivity index (χ3n) is 2.88. The van der Waals surface area contributed by atoms with Gasteiger partial charge in [0.25, 0.3) is 0 Å². The van der Waals surface area contributed by atoms with E-state index >= 15 is 0 Å². The normalized spacial score (nSPS) is 10.5. The van der Waals surface area contributed by atoms with Crippen molar-refractivity contribution in [3.63, 3.8) is 0 Å². The summed E-state index contributed by atoms with van der Waals surface area (Å²) in [6.45, 7) is 5.85. The number of benzene rings is 1. The van der Waals surface area contributed by atoms with Gasteiger partial charge in [0, 0.05) is 11.1 Å². The fourth-order valence-electron chi connectivity index (χ4n) is 1.89. The zero-order chi connectivity index (χ0) is 14.0. The van der Waals surface area contributed by atoms with E-state index in [1.54, 1.807) is 19.2 Å². The van der Waals surface area contributed by atoms with E-state index < -0.39 is 5.97 Å². The number of nitrogens with zero attached hydrogens (tertiary/aromatic N) is 1. The van der Waals surface area contributed by atoms with Gasteiger partial charge in [-0.2, -0.15) is 0 Å². The van der Waals surface area contributed by atoms with Crippen molar-refractivity contribution in [2.24, 2.45) is 0 Å². The molecule has 19 heavy (non-hydrogen) atoms. The average Bonchev–Trinajstić information content (AvgIpc) is 2.32. The molecule has 0 amide bonds. The molecule has 3 nitrogen and oxygen atoms in total. The Morgan fingerprint density at radius 3 is 2.53 bits per heavy atom. The molecule has 1 aromatic heterocycles. The van der Waals surface area contributed by atoms with Crippen molar-refractivity contribution < 1.29 is 9.90 Å². The van der Waals surface area contributed by atoms with Crippen LogP contribution in [0.25, 0.3) is 0 Å². The maximum absolute atomic E-state index is 11.3. The van der Waals surface area contributed by atoms with E-state index in [1.807, 2.05) is 26.0 Å². The van der Waals surface area contributed by atoms with Crippen LogP contribution in [0.5, 0.6) is 0 Å². The van der Waals surface area contributed by atoms with Crippen molar-refractivity contribution in [2.45, 2.75) is 30.7 Å². The van der Waals surface area contributed by atoms with Gasteiger partial charge in [-0.3, -0.25) is 0 Å². The van der Waals surface area contributed by atoms with Gasteiger partial charge in [-0.05, 0) is 44.0 Å². The highest BCUT2D eigenvalue weighted by Gasteiger charge is 2.16. The molecule has 0 aliphatic carbocycles. The van der Waals surface area contributed by atoms with E-state index in [0.29, 0.717) is 5.03 Å². The second kappa shape index (κ2) is 5.45. The molecular weight excluding hydrogens is 258 g/mol. The van der Waals surface area contributed by atoms with Gasteiger partial charge in [-0.1, -0.05) is 29.5 Å². The molecule has 0 fully saturated rings. The largest absolute Gasteiger partial charge is 0.478 e. The summed E-state index contributed by atoms with van der Waals surface area (Å²) < 4.78 is 0. The van der Waals surface area contributed by atoms with Gasteiger partial charge in [0.1, 0.15) is 5.03 Å². The fourth-order valence-corrected chi connectivity index (χ4v) is 2.92. The molecule has 2 aromatic rings. The van der Waals surface area contributed by atoms with Crippen molar-refractivity contribution >= 4 is 17.7 Å². The quantitative estimate of drug-likeness (QED) is 0.922. The van der Waals surface area contributed by atoms with Crippen LogP contribution in [0.1, 0.15) is 27.0 Å². The van der Waals surface area contributed by atoms with E-state index in [9.17, 15) is 9.90 Å². The van der Waals surface area contributed by atoms with E-state index in [0.717, 1.165) is 16.0 Å². The standard InChI is InChI=1S/C15H15NO2S/c1-9-4-5-12(11(3)8-9)19-14-13(15(17)18)10(2)6-7-16-14/h4-8H,1-3H3,(H,17,18). The molecule has 0 atom stereocenters. The molecule has 2 rings (SSSR count). The number of hydrogen-bond donors (Lipinski definition) is 1. The van der Waals surface area contributed by atoms with Crippen LogP contribution in [0.15, 0.2) is 40.4 Å². The molecule has 0 aliphatic heterocycles. The zero-order valence-corrected chi connectivity index (χ0v) is 11.9. The second-order valence-corrected chi connectivity index (χ2v) is 5.51. The topological polar surface area (TPSA) is 50.2 Å². The molecule has 1 N–H and O–H groups in total. The van der Waals surface area contributed by atoms with Crippen LogP contribution in [0.4, 0.5) is 0 Å². The molecule has 0 bridgehead atoms. The summed E-state index contributed by atoms with van der Waals surface area (Å²) in [5.41, 5.74) is 3.34. The smallest absolute Gasteiger partial charge is 0.338 e. The summed E-state index contributed by atoms with van der Waals surface area (Å²) in [5.74, 6) is -0.933. The second-order valence-electron chi connectivity index (χ2n) is 4.48. The first kappa shape index (κ1) is 13.6. The lowest BCUT2D eigenvalue weighted by atomic mass is 10.2.